The number of benzene rings is 2. The summed E-state index contributed by atoms with van der Waals surface area (Å²) < 4.78 is 13.9. The maximum Gasteiger partial charge on any atom is 0.264 e. The first-order valence-electron chi connectivity index (χ1n) is 11.3. The van der Waals surface area contributed by atoms with Crippen molar-refractivity contribution < 1.29 is 14.3 Å². The van der Waals surface area contributed by atoms with E-state index in [1.54, 1.807) is 0 Å². The van der Waals surface area contributed by atoms with E-state index in [2.05, 4.69) is 28.1 Å². The van der Waals surface area contributed by atoms with Crippen molar-refractivity contribution in [3.63, 3.8) is 0 Å². The highest BCUT2D eigenvalue weighted by atomic mass is 79.9. The van der Waals surface area contributed by atoms with Gasteiger partial charge in [-0.05, 0) is 62.3 Å². The van der Waals surface area contributed by atoms with Crippen LogP contribution in [0.3, 0.4) is 0 Å². The molecule has 6 rings (SSSR count). The molecule has 2 aliphatic heterocycles. The number of anilines is 1. The molecule has 2 aromatic rings. The first-order valence-corrected chi connectivity index (χ1v) is 12.1. The van der Waals surface area contributed by atoms with Gasteiger partial charge in [0.15, 0.2) is 5.60 Å². The first kappa shape index (κ1) is 19.6. The van der Waals surface area contributed by atoms with E-state index >= 15 is 0 Å². The highest BCUT2D eigenvalue weighted by Crippen LogP contribution is 2.58. The van der Waals surface area contributed by atoms with Crippen LogP contribution in [0.5, 0.6) is 5.75 Å². The minimum atomic E-state index is -0.949. The first-order chi connectivity index (χ1) is 15.2. The quantitative estimate of drug-likeness (QED) is 0.523. The largest absolute Gasteiger partial charge is 0.491 e. The van der Waals surface area contributed by atoms with E-state index in [0.717, 1.165) is 47.3 Å². The second-order valence-electron chi connectivity index (χ2n) is 9.21. The highest BCUT2D eigenvalue weighted by Gasteiger charge is 2.62. The Morgan fingerprint density at radius 2 is 1.94 bits per heavy atom. The van der Waals surface area contributed by atoms with E-state index in [0.29, 0.717) is 12.5 Å². The molecule has 3 atom stereocenters. The second-order valence-corrected chi connectivity index (χ2v) is 10.1. The summed E-state index contributed by atoms with van der Waals surface area (Å²) in [5, 5.41) is 0. The van der Waals surface area contributed by atoms with Gasteiger partial charge < -0.3 is 14.4 Å². The van der Waals surface area contributed by atoms with E-state index in [1.165, 1.54) is 18.4 Å². The van der Waals surface area contributed by atoms with Crippen molar-refractivity contribution in [1.82, 2.24) is 0 Å². The molecule has 3 unspecified atom stereocenters. The van der Waals surface area contributed by atoms with Gasteiger partial charge in [-0.15, -0.1) is 0 Å². The SMILES string of the molecule is O=C1N(CC2CC2)c2cccc(Br)c2C12OC(COc1ccccc1)CC1=CCCC12. The molecule has 1 amide bonds. The van der Waals surface area contributed by atoms with Crippen LogP contribution in [0.4, 0.5) is 5.69 Å². The molecular weight excluding hydrogens is 454 g/mol. The molecule has 2 aliphatic carbocycles. The Kier molecular flexibility index (Phi) is 4.73. The highest BCUT2D eigenvalue weighted by molar-refractivity contribution is 9.10. The zero-order chi connectivity index (χ0) is 21.0. The number of rotatable bonds is 5. The molecule has 0 bridgehead atoms. The Balaban J connectivity index is 1.39. The lowest BCUT2D eigenvalue weighted by molar-refractivity contribution is -0.174. The summed E-state index contributed by atoms with van der Waals surface area (Å²) in [5.41, 5.74) is 2.44. The molecule has 2 fully saturated rings. The monoisotopic (exact) mass is 479 g/mol. The van der Waals surface area contributed by atoms with Crippen molar-refractivity contribution in [3.05, 3.63) is 70.2 Å². The van der Waals surface area contributed by atoms with E-state index in [1.807, 2.05) is 47.4 Å². The zero-order valence-corrected chi connectivity index (χ0v) is 19.0. The van der Waals surface area contributed by atoms with Crippen LogP contribution < -0.4 is 9.64 Å². The molecule has 31 heavy (non-hydrogen) atoms. The predicted octanol–water partition coefficient (Wildman–Crippen LogP) is 5.61. The molecule has 1 saturated carbocycles. The van der Waals surface area contributed by atoms with Crippen LogP contribution in [0, 0.1) is 11.8 Å². The van der Waals surface area contributed by atoms with Gasteiger partial charge in [0.2, 0.25) is 0 Å². The number of ether oxygens (including phenoxy) is 2. The van der Waals surface area contributed by atoms with Crippen LogP contribution in [0.1, 0.15) is 37.7 Å². The molecule has 160 valence electrons. The van der Waals surface area contributed by atoms with Gasteiger partial charge in [-0.2, -0.15) is 0 Å². The number of halogens is 1. The van der Waals surface area contributed by atoms with Gasteiger partial charge in [0, 0.05) is 22.5 Å². The number of allylic oxidation sites excluding steroid dienone is 1. The topological polar surface area (TPSA) is 38.8 Å². The number of fused-ring (bicyclic) bond motifs is 4. The molecule has 0 N–H and O–H groups in total. The summed E-state index contributed by atoms with van der Waals surface area (Å²) in [6.45, 7) is 1.23. The number of hydrogen-bond donors (Lipinski definition) is 0. The number of amides is 1. The Hall–Kier alpha value is -2.11. The summed E-state index contributed by atoms with van der Waals surface area (Å²) in [5.74, 6) is 1.67. The zero-order valence-electron chi connectivity index (χ0n) is 17.4. The van der Waals surface area contributed by atoms with Crippen LogP contribution in [0.15, 0.2) is 64.7 Å². The molecule has 5 heteroatoms. The third kappa shape index (κ3) is 3.16. The Bertz CT molecular complexity index is 1050. The lowest BCUT2D eigenvalue weighted by Crippen LogP contribution is -2.53. The second kappa shape index (κ2) is 7.49. The molecule has 0 radical (unpaired) electrons. The minimum Gasteiger partial charge on any atom is -0.491 e. The van der Waals surface area contributed by atoms with E-state index in [4.69, 9.17) is 9.47 Å². The maximum atomic E-state index is 14.1. The summed E-state index contributed by atoms with van der Waals surface area (Å²) in [6.07, 6.45) is 7.39. The fraction of sp³-hybridized carbons (Fsp3) is 0.423. The summed E-state index contributed by atoms with van der Waals surface area (Å²) >= 11 is 3.78. The Labute approximate surface area is 191 Å². The van der Waals surface area contributed by atoms with E-state index < -0.39 is 5.60 Å². The average Bonchev–Trinajstić information content (AvgIpc) is 3.43. The van der Waals surface area contributed by atoms with Crippen LogP contribution in [-0.2, 0) is 15.1 Å². The third-order valence-electron chi connectivity index (χ3n) is 7.15. The van der Waals surface area contributed by atoms with Crippen molar-refractivity contribution in [2.75, 3.05) is 18.1 Å². The fourth-order valence-electron chi connectivity index (χ4n) is 5.60. The number of carbonyl (C=O) groups excluding carboxylic acids is 1. The van der Waals surface area contributed by atoms with Crippen molar-refractivity contribution in [3.8, 4) is 5.75 Å². The van der Waals surface area contributed by atoms with Gasteiger partial charge >= 0.3 is 0 Å². The third-order valence-corrected chi connectivity index (χ3v) is 7.81. The van der Waals surface area contributed by atoms with E-state index in [-0.39, 0.29) is 17.9 Å². The van der Waals surface area contributed by atoms with Gasteiger partial charge in [0.25, 0.3) is 5.91 Å². The van der Waals surface area contributed by atoms with E-state index in [9.17, 15) is 4.79 Å². The van der Waals surface area contributed by atoms with Crippen molar-refractivity contribution in [2.45, 2.75) is 43.8 Å². The number of hydrogen-bond acceptors (Lipinski definition) is 3. The number of carbonyl (C=O) groups is 1. The van der Waals surface area contributed by atoms with Crippen molar-refractivity contribution in [1.29, 1.82) is 0 Å². The van der Waals surface area contributed by atoms with Crippen LogP contribution >= 0.6 is 15.9 Å². The van der Waals surface area contributed by atoms with Gasteiger partial charge in [-0.1, -0.05) is 51.8 Å². The van der Waals surface area contributed by atoms with Gasteiger partial charge in [0.05, 0.1) is 11.8 Å². The van der Waals surface area contributed by atoms with Gasteiger partial charge in [-0.3, -0.25) is 4.79 Å². The summed E-state index contributed by atoms with van der Waals surface area (Å²) in [4.78, 5) is 16.1. The fourth-order valence-corrected chi connectivity index (χ4v) is 6.25. The molecule has 0 aromatic heterocycles. The summed E-state index contributed by atoms with van der Waals surface area (Å²) in [7, 11) is 0. The maximum absolute atomic E-state index is 14.1. The van der Waals surface area contributed by atoms with Gasteiger partial charge in [-0.25, -0.2) is 0 Å². The number of para-hydroxylation sites is 1. The smallest absolute Gasteiger partial charge is 0.264 e. The lowest BCUT2D eigenvalue weighted by atomic mass is 9.74. The lowest BCUT2D eigenvalue weighted by Gasteiger charge is -2.44. The molecule has 4 aliphatic rings. The van der Waals surface area contributed by atoms with Crippen molar-refractivity contribution >= 4 is 27.5 Å². The molecule has 2 aromatic carbocycles. The van der Waals surface area contributed by atoms with Crippen LogP contribution in [0.25, 0.3) is 0 Å². The molecular formula is C26H26BrNO3. The standard InChI is InChI=1S/C26H26BrNO3/c27-22-10-5-11-23-24(22)26(25(29)28(23)15-17-12-13-17)21-9-4-6-18(21)14-20(31-26)16-30-19-7-2-1-3-8-19/h1-3,5-8,10-11,17,20-21H,4,9,12-16H2. The molecule has 1 spiro atoms. The molecule has 4 nitrogen and oxygen atoms in total. The molecule has 2 heterocycles. The minimum absolute atomic E-state index is 0.106. The molecule has 1 saturated heterocycles. The van der Waals surface area contributed by atoms with Crippen molar-refractivity contribution in [2.24, 2.45) is 11.8 Å². The summed E-state index contributed by atoms with van der Waals surface area (Å²) in [6, 6.07) is 16.0. The number of nitrogens with zero attached hydrogens (tertiary/aromatic N) is 1. The normalized spacial score (nSPS) is 29.1. The van der Waals surface area contributed by atoms with Crippen LogP contribution in [-0.4, -0.2) is 25.2 Å². The Morgan fingerprint density at radius 1 is 1.10 bits per heavy atom. The predicted molar refractivity (Wildman–Crippen MR) is 123 cm³/mol. The van der Waals surface area contributed by atoms with Crippen LogP contribution in [0.2, 0.25) is 0 Å². The van der Waals surface area contributed by atoms with Gasteiger partial charge in [0.1, 0.15) is 12.4 Å². The average molecular weight is 480 g/mol. The Morgan fingerprint density at radius 3 is 2.74 bits per heavy atom.